The molecule has 0 bridgehead atoms. The lowest BCUT2D eigenvalue weighted by molar-refractivity contribution is 0.102. The van der Waals surface area contributed by atoms with Crippen LogP contribution in [-0.2, 0) is 0 Å². The SMILES string of the molecule is Cc1oc2c(-c3ccc(F)cc3)c(C)c(NC(=O)c3ccc(F)cc3)c(C)c2c1C. The summed E-state index contributed by atoms with van der Waals surface area (Å²) in [6.07, 6.45) is 0. The van der Waals surface area contributed by atoms with Crippen molar-refractivity contribution < 1.29 is 18.0 Å². The summed E-state index contributed by atoms with van der Waals surface area (Å²) in [6.45, 7) is 7.71. The lowest BCUT2D eigenvalue weighted by Crippen LogP contribution is -2.14. The summed E-state index contributed by atoms with van der Waals surface area (Å²) in [5.41, 5.74) is 6.04. The van der Waals surface area contributed by atoms with Crippen molar-refractivity contribution in [2.24, 2.45) is 0 Å². The van der Waals surface area contributed by atoms with Crippen LogP contribution in [0.5, 0.6) is 0 Å². The Morgan fingerprint density at radius 3 is 1.97 bits per heavy atom. The summed E-state index contributed by atoms with van der Waals surface area (Å²) in [5.74, 6) is -0.263. The Morgan fingerprint density at radius 2 is 1.37 bits per heavy atom. The minimum Gasteiger partial charge on any atom is -0.460 e. The van der Waals surface area contributed by atoms with Crippen LogP contribution in [0.25, 0.3) is 22.1 Å². The number of rotatable bonds is 3. The molecule has 0 unspecified atom stereocenters. The van der Waals surface area contributed by atoms with Gasteiger partial charge in [-0.1, -0.05) is 12.1 Å². The quantitative estimate of drug-likeness (QED) is 0.404. The topological polar surface area (TPSA) is 42.2 Å². The van der Waals surface area contributed by atoms with E-state index in [0.717, 1.165) is 39.0 Å². The third-order valence-corrected chi connectivity index (χ3v) is 5.59. The van der Waals surface area contributed by atoms with E-state index < -0.39 is 5.82 Å². The molecule has 0 saturated heterocycles. The molecule has 0 aliphatic heterocycles. The average molecular weight is 405 g/mol. The van der Waals surface area contributed by atoms with Gasteiger partial charge < -0.3 is 9.73 Å². The van der Waals surface area contributed by atoms with Gasteiger partial charge in [-0.3, -0.25) is 4.79 Å². The molecular weight excluding hydrogens is 384 g/mol. The van der Waals surface area contributed by atoms with Gasteiger partial charge in [0, 0.05) is 22.2 Å². The molecule has 0 fully saturated rings. The Bertz CT molecular complexity index is 1270. The van der Waals surface area contributed by atoms with E-state index in [1.807, 2.05) is 27.7 Å². The van der Waals surface area contributed by atoms with Gasteiger partial charge in [-0.15, -0.1) is 0 Å². The molecule has 30 heavy (non-hydrogen) atoms. The van der Waals surface area contributed by atoms with E-state index in [-0.39, 0.29) is 11.7 Å². The highest BCUT2D eigenvalue weighted by atomic mass is 19.1. The molecule has 152 valence electrons. The third kappa shape index (κ3) is 3.26. The van der Waals surface area contributed by atoms with Crippen LogP contribution in [0.3, 0.4) is 0 Å². The second-order valence-electron chi connectivity index (χ2n) is 7.46. The number of carbonyl (C=O) groups is 1. The highest BCUT2D eigenvalue weighted by molar-refractivity contribution is 6.10. The molecule has 4 rings (SSSR count). The second kappa shape index (κ2) is 7.41. The highest BCUT2D eigenvalue weighted by Crippen LogP contribution is 2.43. The first kappa shape index (κ1) is 19.8. The number of halogens is 2. The predicted octanol–water partition coefficient (Wildman–Crippen LogP) is 6.86. The number of hydrogen-bond donors (Lipinski definition) is 1. The van der Waals surface area contributed by atoms with Crippen LogP contribution >= 0.6 is 0 Å². The monoisotopic (exact) mass is 405 g/mol. The molecule has 0 atom stereocenters. The summed E-state index contributed by atoms with van der Waals surface area (Å²) >= 11 is 0. The molecule has 0 aliphatic rings. The molecule has 1 heterocycles. The molecule has 1 N–H and O–H groups in total. The normalized spacial score (nSPS) is 11.1. The van der Waals surface area contributed by atoms with Gasteiger partial charge >= 0.3 is 0 Å². The van der Waals surface area contributed by atoms with Crippen LogP contribution in [0, 0.1) is 39.3 Å². The largest absolute Gasteiger partial charge is 0.460 e. The van der Waals surface area contributed by atoms with Crippen molar-refractivity contribution in [1.29, 1.82) is 0 Å². The van der Waals surface area contributed by atoms with Gasteiger partial charge in [0.15, 0.2) is 0 Å². The number of hydrogen-bond acceptors (Lipinski definition) is 2. The van der Waals surface area contributed by atoms with E-state index in [2.05, 4.69) is 5.32 Å². The molecule has 5 heteroatoms. The fraction of sp³-hybridized carbons (Fsp3) is 0.160. The fourth-order valence-corrected chi connectivity index (χ4v) is 3.89. The minimum atomic E-state index is -0.400. The molecule has 0 aliphatic carbocycles. The molecule has 0 spiro atoms. The summed E-state index contributed by atoms with van der Waals surface area (Å²) in [4.78, 5) is 12.8. The smallest absolute Gasteiger partial charge is 0.255 e. The molecular formula is C25H21F2NO2. The molecule has 3 nitrogen and oxygen atoms in total. The Hall–Kier alpha value is -3.47. The summed E-state index contributed by atoms with van der Waals surface area (Å²) < 4.78 is 32.8. The third-order valence-electron chi connectivity index (χ3n) is 5.59. The Kier molecular flexibility index (Phi) is 4.90. The number of furan rings is 1. The van der Waals surface area contributed by atoms with Crippen LogP contribution in [0.1, 0.15) is 32.8 Å². The second-order valence-corrected chi connectivity index (χ2v) is 7.46. The molecule has 4 aromatic rings. The lowest BCUT2D eigenvalue weighted by atomic mass is 9.92. The van der Waals surface area contributed by atoms with E-state index in [1.165, 1.54) is 36.4 Å². The van der Waals surface area contributed by atoms with E-state index in [0.29, 0.717) is 16.8 Å². The first-order valence-electron chi connectivity index (χ1n) is 9.63. The van der Waals surface area contributed by atoms with Gasteiger partial charge in [0.2, 0.25) is 0 Å². The standard InChI is InChI=1S/C25H21F2NO2/c1-13-16(4)30-24-21(13)14(2)23(28-25(29)18-7-11-20(27)12-8-18)15(3)22(24)17-5-9-19(26)10-6-17/h5-12H,1-4H3,(H,28,29). The van der Waals surface area contributed by atoms with Crippen LogP contribution in [0.2, 0.25) is 0 Å². The van der Waals surface area contributed by atoms with E-state index >= 15 is 0 Å². The van der Waals surface area contributed by atoms with Gasteiger partial charge in [-0.25, -0.2) is 8.78 Å². The zero-order chi connectivity index (χ0) is 21.6. The number of carbonyl (C=O) groups excluding carboxylic acids is 1. The van der Waals surface area contributed by atoms with E-state index in [1.54, 1.807) is 12.1 Å². The average Bonchev–Trinajstić information content (AvgIpc) is 3.01. The number of anilines is 1. The van der Waals surface area contributed by atoms with Gasteiger partial charge in [0.25, 0.3) is 5.91 Å². The lowest BCUT2D eigenvalue weighted by Gasteiger charge is -2.17. The van der Waals surface area contributed by atoms with Crippen molar-refractivity contribution in [3.63, 3.8) is 0 Å². The van der Waals surface area contributed by atoms with E-state index in [9.17, 15) is 13.6 Å². The van der Waals surface area contributed by atoms with Crippen molar-refractivity contribution in [3.05, 3.63) is 88.2 Å². The van der Waals surface area contributed by atoms with Crippen molar-refractivity contribution in [2.75, 3.05) is 5.32 Å². The fourth-order valence-electron chi connectivity index (χ4n) is 3.89. The summed E-state index contributed by atoms with van der Waals surface area (Å²) in [5, 5.41) is 3.91. The van der Waals surface area contributed by atoms with Crippen molar-refractivity contribution >= 4 is 22.6 Å². The van der Waals surface area contributed by atoms with Crippen molar-refractivity contribution in [2.45, 2.75) is 27.7 Å². The van der Waals surface area contributed by atoms with Crippen LogP contribution < -0.4 is 5.32 Å². The molecule has 0 radical (unpaired) electrons. The van der Waals surface area contributed by atoms with Crippen molar-refractivity contribution in [1.82, 2.24) is 0 Å². The minimum absolute atomic E-state index is 0.323. The molecule has 1 amide bonds. The van der Waals surface area contributed by atoms with Gasteiger partial charge in [0.05, 0.1) is 0 Å². The maximum absolute atomic E-state index is 13.5. The van der Waals surface area contributed by atoms with Crippen molar-refractivity contribution in [3.8, 4) is 11.1 Å². The van der Waals surface area contributed by atoms with Gasteiger partial charge in [-0.2, -0.15) is 0 Å². The summed E-state index contributed by atoms with van der Waals surface area (Å²) in [7, 11) is 0. The molecule has 3 aromatic carbocycles. The summed E-state index contributed by atoms with van der Waals surface area (Å²) in [6, 6.07) is 11.6. The number of fused-ring (bicyclic) bond motifs is 1. The number of aryl methyl sites for hydroxylation is 3. The number of nitrogens with one attached hydrogen (secondary N) is 1. The predicted molar refractivity (Wildman–Crippen MR) is 115 cm³/mol. The van der Waals surface area contributed by atoms with Crippen LogP contribution in [0.15, 0.2) is 52.9 Å². The van der Waals surface area contributed by atoms with Gasteiger partial charge in [-0.05, 0) is 86.3 Å². The van der Waals surface area contributed by atoms with Crippen LogP contribution in [0.4, 0.5) is 14.5 Å². The van der Waals surface area contributed by atoms with Crippen LogP contribution in [-0.4, -0.2) is 5.91 Å². The Balaban J connectivity index is 1.93. The zero-order valence-corrected chi connectivity index (χ0v) is 17.2. The molecule has 0 saturated carbocycles. The highest BCUT2D eigenvalue weighted by Gasteiger charge is 2.23. The number of amides is 1. The number of benzene rings is 3. The van der Waals surface area contributed by atoms with E-state index in [4.69, 9.17) is 4.42 Å². The Morgan fingerprint density at radius 1 is 0.800 bits per heavy atom. The maximum Gasteiger partial charge on any atom is 0.255 e. The Labute approximate surface area is 173 Å². The maximum atomic E-state index is 13.5. The first-order chi connectivity index (χ1) is 14.3. The molecule has 1 aromatic heterocycles. The van der Waals surface area contributed by atoms with Gasteiger partial charge in [0.1, 0.15) is 23.0 Å². The zero-order valence-electron chi connectivity index (χ0n) is 17.2. The first-order valence-corrected chi connectivity index (χ1v) is 9.63.